The fourth-order valence-electron chi connectivity index (χ4n) is 3.21. The molecule has 4 rings (SSSR count). The molecule has 31 heavy (non-hydrogen) atoms. The van der Waals surface area contributed by atoms with Crippen LogP contribution in [0.3, 0.4) is 0 Å². The van der Waals surface area contributed by atoms with Crippen LogP contribution in [0.5, 0.6) is 5.75 Å². The first-order valence-electron chi connectivity index (χ1n) is 10.5. The lowest BCUT2D eigenvalue weighted by molar-refractivity contribution is 0.102. The highest BCUT2D eigenvalue weighted by Crippen LogP contribution is 2.27. The number of amides is 1. The van der Waals surface area contributed by atoms with Crippen LogP contribution in [0, 0.1) is 13.8 Å². The van der Waals surface area contributed by atoms with Crippen LogP contribution in [0.25, 0.3) is 22.6 Å². The van der Waals surface area contributed by atoms with Crippen LogP contribution in [0.2, 0.25) is 0 Å². The summed E-state index contributed by atoms with van der Waals surface area (Å²) in [5.74, 6) is 1.14. The van der Waals surface area contributed by atoms with Crippen LogP contribution < -0.4 is 10.1 Å². The fraction of sp³-hybridized carbons (Fsp3) is 0.231. The van der Waals surface area contributed by atoms with Crippen molar-refractivity contribution in [2.45, 2.75) is 40.2 Å². The highest BCUT2D eigenvalue weighted by molar-refractivity contribution is 6.05. The second kappa shape index (κ2) is 8.64. The van der Waals surface area contributed by atoms with Crippen molar-refractivity contribution in [3.05, 3.63) is 77.4 Å². The van der Waals surface area contributed by atoms with Gasteiger partial charge in [0.05, 0.1) is 6.10 Å². The molecule has 1 heterocycles. The number of aryl methyl sites for hydroxylation is 2. The van der Waals surface area contributed by atoms with E-state index >= 15 is 0 Å². The van der Waals surface area contributed by atoms with E-state index in [1.807, 2.05) is 43.3 Å². The number of carbonyl (C=O) groups is 1. The van der Waals surface area contributed by atoms with E-state index in [9.17, 15) is 4.79 Å². The first kappa shape index (κ1) is 20.7. The number of oxazole rings is 1. The van der Waals surface area contributed by atoms with Crippen LogP contribution in [0.1, 0.15) is 41.8 Å². The molecular weight excluding hydrogens is 388 g/mol. The molecule has 1 N–H and O–H groups in total. The van der Waals surface area contributed by atoms with Crippen LogP contribution in [0.15, 0.2) is 65.1 Å². The van der Waals surface area contributed by atoms with Crippen LogP contribution in [0.4, 0.5) is 5.69 Å². The minimum absolute atomic E-state index is 0.141. The van der Waals surface area contributed by atoms with Gasteiger partial charge >= 0.3 is 0 Å². The predicted octanol–water partition coefficient (Wildman–Crippen LogP) is 6.54. The Morgan fingerprint density at radius 1 is 1.03 bits per heavy atom. The maximum Gasteiger partial charge on any atom is 0.255 e. The molecule has 0 unspecified atom stereocenters. The highest BCUT2D eigenvalue weighted by Gasteiger charge is 2.12. The van der Waals surface area contributed by atoms with Gasteiger partial charge in [-0.2, -0.15) is 0 Å². The summed E-state index contributed by atoms with van der Waals surface area (Å²) in [4.78, 5) is 17.2. The Balaban J connectivity index is 1.50. The standard InChI is InChI=1S/C26H26N2O3/c1-5-18(4)30-22-11-8-19(9-12-22)25(29)27-21-10-13-24-23(15-21)28-26(31-24)20-7-6-16(2)17(3)14-20/h6-15,18H,5H2,1-4H3,(H,27,29)/t18-/m1/s1. The van der Waals surface area contributed by atoms with Gasteiger partial charge in [-0.1, -0.05) is 13.0 Å². The van der Waals surface area contributed by atoms with E-state index in [1.165, 1.54) is 11.1 Å². The fourth-order valence-corrected chi connectivity index (χ4v) is 3.21. The molecule has 0 bridgehead atoms. The summed E-state index contributed by atoms with van der Waals surface area (Å²) in [6.07, 6.45) is 1.07. The Morgan fingerprint density at radius 2 is 1.81 bits per heavy atom. The third-order valence-corrected chi connectivity index (χ3v) is 5.43. The molecule has 0 fully saturated rings. The molecule has 4 aromatic rings. The van der Waals surface area contributed by atoms with Crippen molar-refractivity contribution < 1.29 is 13.9 Å². The number of carbonyl (C=O) groups excluding carboxylic acids is 1. The van der Waals surface area contributed by atoms with Gasteiger partial charge in [0.2, 0.25) is 5.89 Å². The Morgan fingerprint density at radius 3 is 2.52 bits per heavy atom. The summed E-state index contributed by atoms with van der Waals surface area (Å²) >= 11 is 0. The molecule has 158 valence electrons. The Bertz CT molecular complexity index is 1230. The summed E-state index contributed by atoms with van der Waals surface area (Å²) in [5, 5.41) is 2.93. The number of hydrogen-bond acceptors (Lipinski definition) is 4. The first-order valence-corrected chi connectivity index (χ1v) is 10.5. The van der Waals surface area contributed by atoms with Gasteiger partial charge in [0.15, 0.2) is 5.58 Å². The molecule has 5 heteroatoms. The zero-order valence-corrected chi connectivity index (χ0v) is 18.2. The van der Waals surface area contributed by atoms with E-state index in [-0.39, 0.29) is 12.0 Å². The third-order valence-electron chi connectivity index (χ3n) is 5.43. The van der Waals surface area contributed by atoms with E-state index < -0.39 is 0 Å². The smallest absolute Gasteiger partial charge is 0.255 e. The molecule has 0 aliphatic carbocycles. The summed E-state index contributed by atoms with van der Waals surface area (Å²) < 4.78 is 11.7. The van der Waals surface area contributed by atoms with Gasteiger partial charge in [-0.3, -0.25) is 4.79 Å². The maximum atomic E-state index is 12.6. The number of benzene rings is 3. The van der Waals surface area contributed by atoms with Crippen LogP contribution >= 0.6 is 0 Å². The van der Waals surface area contributed by atoms with Gasteiger partial charge in [0, 0.05) is 16.8 Å². The molecule has 0 aliphatic heterocycles. The van der Waals surface area contributed by atoms with Gasteiger partial charge in [0.25, 0.3) is 5.91 Å². The number of fused-ring (bicyclic) bond motifs is 1. The molecule has 0 radical (unpaired) electrons. The van der Waals surface area contributed by atoms with Gasteiger partial charge in [0.1, 0.15) is 11.3 Å². The van der Waals surface area contributed by atoms with Gasteiger partial charge in [-0.15, -0.1) is 0 Å². The minimum atomic E-state index is -0.188. The molecule has 0 saturated heterocycles. The second-order valence-corrected chi connectivity index (χ2v) is 7.82. The summed E-state index contributed by atoms with van der Waals surface area (Å²) in [7, 11) is 0. The van der Waals surface area contributed by atoms with Gasteiger partial charge < -0.3 is 14.5 Å². The van der Waals surface area contributed by atoms with Crippen molar-refractivity contribution in [3.63, 3.8) is 0 Å². The Kier molecular flexibility index (Phi) is 5.76. The summed E-state index contributed by atoms with van der Waals surface area (Å²) in [6, 6.07) is 18.8. The second-order valence-electron chi connectivity index (χ2n) is 7.82. The number of nitrogens with zero attached hydrogens (tertiary/aromatic N) is 1. The average Bonchev–Trinajstić information content (AvgIpc) is 3.19. The van der Waals surface area contributed by atoms with E-state index in [2.05, 4.69) is 43.2 Å². The summed E-state index contributed by atoms with van der Waals surface area (Å²) in [6.45, 7) is 8.24. The molecular formula is C26H26N2O3. The van der Waals surface area contributed by atoms with Crippen molar-refractivity contribution in [1.29, 1.82) is 0 Å². The SMILES string of the molecule is CC[C@@H](C)Oc1ccc(C(=O)Nc2ccc3oc(-c4ccc(C)c(C)c4)nc3c2)cc1. The van der Waals surface area contributed by atoms with E-state index in [0.717, 1.165) is 17.7 Å². The zero-order valence-electron chi connectivity index (χ0n) is 18.2. The zero-order chi connectivity index (χ0) is 22.0. The largest absolute Gasteiger partial charge is 0.491 e. The molecule has 0 spiro atoms. The predicted molar refractivity (Wildman–Crippen MR) is 124 cm³/mol. The quantitative estimate of drug-likeness (QED) is 0.389. The van der Waals surface area contributed by atoms with Crippen molar-refractivity contribution in [3.8, 4) is 17.2 Å². The number of rotatable bonds is 6. The highest BCUT2D eigenvalue weighted by atomic mass is 16.5. The van der Waals surface area contributed by atoms with E-state index in [4.69, 9.17) is 9.15 Å². The van der Waals surface area contributed by atoms with E-state index in [0.29, 0.717) is 28.2 Å². The van der Waals surface area contributed by atoms with Crippen molar-refractivity contribution in [2.75, 3.05) is 5.32 Å². The molecule has 1 amide bonds. The van der Waals surface area contributed by atoms with Crippen molar-refractivity contribution in [2.24, 2.45) is 0 Å². The molecule has 0 saturated carbocycles. The van der Waals surface area contributed by atoms with Crippen molar-refractivity contribution >= 4 is 22.7 Å². The minimum Gasteiger partial charge on any atom is -0.491 e. The maximum absolute atomic E-state index is 12.6. The lowest BCUT2D eigenvalue weighted by atomic mass is 10.1. The number of ether oxygens (including phenoxy) is 1. The van der Waals surface area contributed by atoms with Crippen molar-refractivity contribution in [1.82, 2.24) is 4.98 Å². The monoisotopic (exact) mass is 414 g/mol. The summed E-state index contributed by atoms with van der Waals surface area (Å²) in [5.41, 5.74) is 5.95. The lowest BCUT2D eigenvalue weighted by Crippen LogP contribution is -2.12. The van der Waals surface area contributed by atoms with E-state index in [1.54, 1.807) is 12.1 Å². The average molecular weight is 415 g/mol. The van der Waals surface area contributed by atoms with Gasteiger partial charge in [-0.25, -0.2) is 4.98 Å². The third kappa shape index (κ3) is 4.61. The molecule has 3 aromatic carbocycles. The molecule has 1 atom stereocenters. The normalized spacial score (nSPS) is 12.0. The van der Waals surface area contributed by atoms with Crippen LogP contribution in [-0.4, -0.2) is 17.0 Å². The Labute approximate surface area is 182 Å². The number of nitrogens with one attached hydrogen (secondary N) is 1. The Hall–Kier alpha value is -3.60. The topological polar surface area (TPSA) is 64.4 Å². The first-order chi connectivity index (χ1) is 14.9. The lowest BCUT2D eigenvalue weighted by Gasteiger charge is -2.12. The number of aromatic nitrogens is 1. The number of anilines is 1. The molecule has 0 aliphatic rings. The molecule has 1 aromatic heterocycles. The number of hydrogen-bond donors (Lipinski definition) is 1. The molecule has 5 nitrogen and oxygen atoms in total. The van der Waals surface area contributed by atoms with Crippen LogP contribution in [-0.2, 0) is 0 Å². The van der Waals surface area contributed by atoms with Gasteiger partial charge in [-0.05, 0) is 92.9 Å².